The largest absolute Gasteiger partial charge is 0.379 e. The zero-order valence-corrected chi connectivity index (χ0v) is 18.8. The Morgan fingerprint density at radius 2 is 1.77 bits per heavy atom. The first kappa shape index (κ1) is 20.8. The number of nitrogens with one attached hydrogen (secondary N) is 1. The molecule has 1 atom stereocenters. The van der Waals surface area contributed by atoms with Crippen molar-refractivity contribution in [2.24, 2.45) is 9.50 Å². The van der Waals surface area contributed by atoms with Crippen molar-refractivity contribution < 1.29 is 9.53 Å². The van der Waals surface area contributed by atoms with E-state index >= 15 is 0 Å². The lowest BCUT2D eigenvalue weighted by atomic mass is 9.99. The highest BCUT2D eigenvalue weighted by molar-refractivity contribution is 7.85. The summed E-state index contributed by atoms with van der Waals surface area (Å²) < 4.78 is 9.59. The van der Waals surface area contributed by atoms with Gasteiger partial charge in [0.05, 0.1) is 6.10 Å². The fraction of sp³-hybridized carbons (Fsp3) is 0.458. The molecule has 0 aromatic heterocycles. The summed E-state index contributed by atoms with van der Waals surface area (Å²) in [7, 11) is 0.791. The third-order valence-corrected chi connectivity index (χ3v) is 7.83. The summed E-state index contributed by atoms with van der Waals surface area (Å²) in [5.74, 6) is 0. The summed E-state index contributed by atoms with van der Waals surface area (Å²) in [6, 6.07) is 10.2. The van der Waals surface area contributed by atoms with Crippen molar-refractivity contribution >= 4 is 22.6 Å². The monoisotopic (exact) mass is 438 g/mol. The zero-order valence-electron chi connectivity index (χ0n) is 18.0. The van der Waals surface area contributed by atoms with Crippen molar-refractivity contribution in [2.45, 2.75) is 56.1 Å². The van der Waals surface area contributed by atoms with Crippen LogP contribution in [-0.4, -0.2) is 37.2 Å². The second-order valence-corrected chi connectivity index (χ2v) is 10.0. The average molecular weight is 439 g/mol. The normalized spacial score (nSPS) is 19.2. The van der Waals surface area contributed by atoms with Gasteiger partial charge in [-0.15, -0.1) is 0 Å². The van der Waals surface area contributed by atoms with Gasteiger partial charge in [-0.05, 0) is 78.5 Å². The molecule has 5 rings (SSSR count). The van der Waals surface area contributed by atoms with Gasteiger partial charge in [-0.2, -0.15) is 4.36 Å². The molecule has 31 heavy (non-hydrogen) atoms. The van der Waals surface area contributed by atoms with E-state index in [-0.39, 0.29) is 6.03 Å². The molecule has 0 saturated carbocycles. The maximum absolute atomic E-state index is 12.7. The van der Waals surface area contributed by atoms with Gasteiger partial charge in [-0.1, -0.05) is 18.2 Å². The van der Waals surface area contributed by atoms with E-state index in [4.69, 9.17) is 9.88 Å². The van der Waals surface area contributed by atoms with Crippen LogP contribution >= 0.6 is 0 Å². The Kier molecular flexibility index (Phi) is 5.93. The van der Waals surface area contributed by atoms with Crippen molar-refractivity contribution in [3.05, 3.63) is 58.1 Å². The van der Waals surface area contributed by atoms with Crippen molar-refractivity contribution in [3.63, 3.8) is 0 Å². The van der Waals surface area contributed by atoms with Gasteiger partial charge in [-0.25, -0.2) is 4.79 Å². The first-order valence-electron chi connectivity index (χ1n) is 11.1. The van der Waals surface area contributed by atoms with Crippen molar-refractivity contribution in [2.75, 3.05) is 25.5 Å². The van der Waals surface area contributed by atoms with Gasteiger partial charge >= 0.3 is 6.03 Å². The molecule has 0 radical (unpaired) electrons. The number of hydrogen-bond donors (Lipinski definition) is 2. The van der Waals surface area contributed by atoms with E-state index in [1.54, 1.807) is 7.11 Å². The third-order valence-electron chi connectivity index (χ3n) is 6.71. The van der Waals surface area contributed by atoms with E-state index in [2.05, 4.69) is 32.8 Å². The summed E-state index contributed by atoms with van der Waals surface area (Å²) in [6.45, 7) is 2.85. The van der Waals surface area contributed by atoms with Crippen molar-refractivity contribution in [1.29, 1.82) is 0 Å². The van der Waals surface area contributed by atoms with Crippen LogP contribution in [0.25, 0.3) is 0 Å². The molecule has 1 fully saturated rings. The number of benzene rings is 2. The number of nitrogens with two attached hydrogens (primary N) is 1. The van der Waals surface area contributed by atoms with Gasteiger partial charge in [-0.3, -0.25) is 10.0 Å². The molecule has 1 unspecified atom stereocenters. The Bertz CT molecular complexity index is 997. The highest BCUT2D eigenvalue weighted by atomic mass is 32.2. The molecule has 0 spiro atoms. The Hall–Kier alpha value is -2.06. The van der Waals surface area contributed by atoms with Gasteiger partial charge in [0.15, 0.2) is 0 Å². The number of hydrogen-bond acceptors (Lipinski definition) is 3. The Balaban J connectivity index is 1.27. The topological polar surface area (TPSA) is 80.0 Å². The molecule has 2 aromatic carbocycles. The second kappa shape index (κ2) is 8.82. The molecule has 7 heteroatoms. The third kappa shape index (κ3) is 4.32. The first-order chi connectivity index (χ1) is 15.1. The molecule has 1 aliphatic heterocycles. The number of carbonyl (C=O) groups excluding carboxylic acids is 1. The standard InChI is InChI=1S/C24H30N4O2S/c1-30-19-14-28(15-19)13-16-8-10-20(11-9-16)31(25)27-24(29)26-23-21-6-2-4-17(21)12-18-5-3-7-22(18)23/h8-12,19H,2-7,13-15H2,1H3,(H3,25,26,27,29). The Labute approximate surface area is 186 Å². The molecule has 2 aromatic rings. The van der Waals surface area contributed by atoms with Gasteiger partial charge < -0.3 is 10.1 Å². The number of aryl methyl sites for hydroxylation is 2. The minimum atomic E-state index is -0.970. The molecule has 164 valence electrons. The van der Waals surface area contributed by atoms with Crippen LogP contribution in [0.1, 0.15) is 40.7 Å². The van der Waals surface area contributed by atoms with Crippen LogP contribution in [-0.2, 0) is 47.8 Å². The van der Waals surface area contributed by atoms with Crippen molar-refractivity contribution in [3.8, 4) is 0 Å². The highest BCUT2D eigenvalue weighted by Crippen LogP contribution is 2.38. The van der Waals surface area contributed by atoms with Gasteiger partial charge in [0.2, 0.25) is 0 Å². The lowest BCUT2D eigenvalue weighted by molar-refractivity contribution is -0.0334. The number of anilines is 1. The minimum absolute atomic E-state index is 0.338. The predicted octanol–water partition coefficient (Wildman–Crippen LogP) is 3.76. The first-order valence-corrected chi connectivity index (χ1v) is 12.4. The highest BCUT2D eigenvalue weighted by Gasteiger charge is 2.26. The summed E-state index contributed by atoms with van der Waals surface area (Å²) in [5.41, 5.74) is 7.68. The molecule has 6 nitrogen and oxygen atoms in total. The van der Waals surface area contributed by atoms with E-state index in [0.29, 0.717) is 6.10 Å². The maximum atomic E-state index is 12.7. The number of ether oxygens (including phenoxy) is 1. The van der Waals surface area contributed by atoms with Gasteiger partial charge in [0.1, 0.15) is 0 Å². The molecular weight excluding hydrogens is 408 g/mol. The molecule has 1 heterocycles. The lowest BCUT2D eigenvalue weighted by Crippen LogP contribution is -2.50. The summed E-state index contributed by atoms with van der Waals surface area (Å²) in [6.07, 6.45) is 6.98. The smallest absolute Gasteiger partial charge is 0.352 e. The number of rotatable bonds is 5. The van der Waals surface area contributed by atoms with Crippen LogP contribution in [0, 0.1) is 0 Å². The number of amides is 2. The molecule has 2 aliphatic carbocycles. The molecule has 3 aliphatic rings. The quantitative estimate of drug-likeness (QED) is 0.745. The minimum Gasteiger partial charge on any atom is -0.379 e. The number of urea groups is 1. The molecule has 1 saturated heterocycles. The number of carbonyl (C=O) groups is 1. The maximum Gasteiger partial charge on any atom is 0.352 e. The number of methoxy groups -OCH3 is 1. The molecule has 0 bridgehead atoms. The SMILES string of the molecule is COC1CN(Cc2ccc(S(N)=NC(=O)Nc3c4c(cc5c3CCC5)CCC4)cc2)C1. The fourth-order valence-electron chi connectivity index (χ4n) is 5.03. The Morgan fingerprint density at radius 1 is 1.13 bits per heavy atom. The van der Waals surface area contributed by atoms with Gasteiger partial charge in [0.25, 0.3) is 0 Å². The van der Waals surface area contributed by atoms with E-state index in [0.717, 1.165) is 68.7 Å². The summed E-state index contributed by atoms with van der Waals surface area (Å²) in [4.78, 5) is 16.0. The number of nitrogens with zero attached hydrogens (tertiary/aromatic N) is 2. The van der Waals surface area contributed by atoms with Crippen LogP contribution in [0.3, 0.4) is 0 Å². The number of likely N-dealkylation sites (tertiary alicyclic amines) is 1. The Morgan fingerprint density at radius 3 is 2.39 bits per heavy atom. The lowest BCUT2D eigenvalue weighted by Gasteiger charge is -2.38. The van der Waals surface area contributed by atoms with Crippen LogP contribution < -0.4 is 10.5 Å². The number of fused-ring (bicyclic) bond motifs is 2. The van der Waals surface area contributed by atoms with Gasteiger partial charge in [0, 0.05) is 48.2 Å². The van der Waals surface area contributed by atoms with Crippen LogP contribution in [0.2, 0.25) is 0 Å². The van der Waals surface area contributed by atoms with E-state index in [9.17, 15) is 4.79 Å². The van der Waals surface area contributed by atoms with Crippen LogP contribution in [0.5, 0.6) is 0 Å². The van der Waals surface area contributed by atoms with E-state index in [1.165, 1.54) is 27.8 Å². The molecule has 2 amide bonds. The molecular formula is C24H30N4O2S. The summed E-state index contributed by atoms with van der Waals surface area (Å²) in [5, 5.41) is 9.38. The van der Waals surface area contributed by atoms with E-state index < -0.39 is 10.9 Å². The van der Waals surface area contributed by atoms with Crippen LogP contribution in [0.4, 0.5) is 10.5 Å². The second-order valence-electron chi connectivity index (χ2n) is 8.77. The van der Waals surface area contributed by atoms with E-state index in [1.807, 2.05) is 12.1 Å². The predicted molar refractivity (Wildman–Crippen MR) is 124 cm³/mol. The van der Waals surface area contributed by atoms with Crippen molar-refractivity contribution in [1.82, 2.24) is 4.90 Å². The fourth-order valence-corrected chi connectivity index (χ4v) is 5.78. The van der Waals surface area contributed by atoms with Crippen LogP contribution in [0.15, 0.2) is 39.6 Å². The average Bonchev–Trinajstić information content (AvgIpc) is 3.40. The zero-order chi connectivity index (χ0) is 21.4. The molecule has 3 N–H and O–H groups in total. The summed E-state index contributed by atoms with van der Waals surface area (Å²) >= 11 is 0.